The summed E-state index contributed by atoms with van der Waals surface area (Å²) < 4.78 is 0. The number of anilines is 1. The standard InChI is InChI=1S/C14H25ClN4/c1-10(2)13-16-12(15)11(3)14(17-13)19(6)9-7-8-18(4)5/h10H,7-9H2,1-6H3. The average Bonchev–Trinajstić information content (AvgIpc) is 2.31. The van der Waals surface area contributed by atoms with Crippen molar-refractivity contribution >= 4 is 17.4 Å². The molecule has 0 aromatic carbocycles. The van der Waals surface area contributed by atoms with Crippen molar-refractivity contribution in [2.24, 2.45) is 0 Å². The summed E-state index contributed by atoms with van der Waals surface area (Å²) in [5, 5.41) is 0.563. The zero-order chi connectivity index (χ0) is 14.6. The predicted molar refractivity (Wildman–Crippen MR) is 82.3 cm³/mol. The Bertz CT molecular complexity index is 418. The second-order valence-electron chi connectivity index (χ2n) is 5.55. The van der Waals surface area contributed by atoms with Crippen LogP contribution in [0.5, 0.6) is 0 Å². The summed E-state index contributed by atoms with van der Waals surface area (Å²) in [5.41, 5.74) is 0.957. The van der Waals surface area contributed by atoms with Gasteiger partial charge in [-0.3, -0.25) is 0 Å². The van der Waals surface area contributed by atoms with Crippen LogP contribution in [-0.4, -0.2) is 49.1 Å². The maximum absolute atomic E-state index is 6.21. The van der Waals surface area contributed by atoms with Gasteiger partial charge in [0.15, 0.2) is 0 Å². The van der Waals surface area contributed by atoms with Crippen LogP contribution in [-0.2, 0) is 0 Å². The largest absolute Gasteiger partial charge is 0.359 e. The van der Waals surface area contributed by atoms with Gasteiger partial charge in [-0.05, 0) is 34.0 Å². The Morgan fingerprint density at radius 3 is 2.26 bits per heavy atom. The van der Waals surface area contributed by atoms with Crippen LogP contribution in [0.15, 0.2) is 0 Å². The van der Waals surface area contributed by atoms with Gasteiger partial charge in [0.1, 0.15) is 16.8 Å². The highest BCUT2D eigenvalue weighted by Crippen LogP contribution is 2.25. The second kappa shape index (κ2) is 7.06. The first-order valence-electron chi connectivity index (χ1n) is 6.72. The Kier molecular flexibility index (Phi) is 6.01. The average molecular weight is 285 g/mol. The van der Waals surface area contributed by atoms with Crippen LogP contribution in [0.1, 0.15) is 37.6 Å². The van der Waals surface area contributed by atoms with Gasteiger partial charge in [-0.25, -0.2) is 9.97 Å². The van der Waals surface area contributed by atoms with Crippen LogP contribution in [0.2, 0.25) is 5.15 Å². The van der Waals surface area contributed by atoms with E-state index in [9.17, 15) is 0 Å². The molecule has 4 nitrogen and oxygen atoms in total. The molecule has 0 fully saturated rings. The van der Waals surface area contributed by atoms with E-state index in [1.54, 1.807) is 0 Å². The van der Waals surface area contributed by atoms with Gasteiger partial charge in [0.2, 0.25) is 0 Å². The quantitative estimate of drug-likeness (QED) is 0.752. The first-order valence-corrected chi connectivity index (χ1v) is 7.10. The molecule has 0 unspecified atom stereocenters. The summed E-state index contributed by atoms with van der Waals surface area (Å²) in [6.07, 6.45) is 1.10. The Morgan fingerprint density at radius 1 is 1.11 bits per heavy atom. The van der Waals surface area contributed by atoms with E-state index in [1.165, 1.54) is 0 Å². The Morgan fingerprint density at radius 2 is 1.74 bits per heavy atom. The number of halogens is 1. The molecule has 0 amide bonds. The zero-order valence-corrected chi connectivity index (χ0v) is 13.6. The molecule has 108 valence electrons. The van der Waals surface area contributed by atoms with Gasteiger partial charge in [0.25, 0.3) is 0 Å². The molecular formula is C14H25ClN4. The normalized spacial score (nSPS) is 11.4. The summed E-state index contributed by atoms with van der Waals surface area (Å²) in [5.74, 6) is 2.04. The van der Waals surface area contributed by atoms with Crippen LogP contribution < -0.4 is 4.90 Å². The number of hydrogen-bond acceptors (Lipinski definition) is 4. The molecule has 0 spiro atoms. The van der Waals surface area contributed by atoms with E-state index in [-0.39, 0.29) is 5.92 Å². The lowest BCUT2D eigenvalue weighted by Crippen LogP contribution is -2.25. The molecule has 0 saturated heterocycles. The molecular weight excluding hydrogens is 260 g/mol. The van der Waals surface area contributed by atoms with Crippen molar-refractivity contribution < 1.29 is 0 Å². The van der Waals surface area contributed by atoms with E-state index in [0.29, 0.717) is 5.15 Å². The number of nitrogens with zero attached hydrogens (tertiary/aromatic N) is 4. The molecule has 1 rings (SSSR count). The first-order chi connectivity index (χ1) is 8.82. The van der Waals surface area contributed by atoms with Gasteiger partial charge in [0.05, 0.1) is 0 Å². The lowest BCUT2D eigenvalue weighted by Gasteiger charge is -2.22. The van der Waals surface area contributed by atoms with Crippen LogP contribution in [0.4, 0.5) is 5.82 Å². The van der Waals surface area contributed by atoms with E-state index >= 15 is 0 Å². The summed E-state index contributed by atoms with van der Waals surface area (Å²) in [7, 11) is 6.23. The molecule has 5 heteroatoms. The van der Waals surface area contributed by atoms with Gasteiger partial charge < -0.3 is 9.80 Å². The van der Waals surface area contributed by atoms with Gasteiger partial charge in [0, 0.05) is 25.1 Å². The van der Waals surface area contributed by atoms with Crippen molar-refractivity contribution in [1.29, 1.82) is 0 Å². The molecule has 0 bridgehead atoms. The Labute approximate surface area is 121 Å². The highest BCUT2D eigenvalue weighted by Gasteiger charge is 2.14. The number of aromatic nitrogens is 2. The lowest BCUT2D eigenvalue weighted by molar-refractivity contribution is 0.401. The minimum Gasteiger partial charge on any atom is -0.359 e. The first kappa shape index (κ1) is 16.2. The number of rotatable bonds is 6. The smallest absolute Gasteiger partial charge is 0.137 e. The van der Waals surface area contributed by atoms with Crippen molar-refractivity contribution in [3.8, 4) is 0 Å². The fourth-order valence-corrected chi connectivity index (χ4v) is 2.02. The summed E-state index contributed by atoms with van der Waals surface area (Å²) in [6.45, 7) is 8.17. The highest BCUT2D eigenvalue weighted by molar-refractivity contribution is 6.30. The zero-order valence-electron chi connectivity index (χ0n) is 12.9. The van der Waals surface area contributed by atoms with Crippen molar-refractivity contribution in [3.63, 3.8) is 0 Å². The second-order valence-corrected chi connectivity index (χ2v) is 5.91. The lowest BCUT2D eigenvalue weighted by atomic mass is 10.2. The minimum atomic E-state index is 0.284. The third-order valence-electron chi connectivity index (χ3n) is 3.05. The molecule has 0 saturated carbocycles. The van der Waals surface area contributed by atoms with E-state index < -0.39 is 0 Å². The van der Waals surface area contributed by atoms with Crippen LogP contribution in [0.25, 0.3) is 0 Å². The molecule has 0 aliphatic heterocycles. The van der Waals surface area contributed by atoms with Gasteiger partial charge >= 0.3 is 0 Å². The SMILES string of the molecule is Cc1c(Cl)nc(C(C)C)nc1N(C)CCCN(C)C. The number of hydrogen-bond donors (Lipinski definition) is 0. The van der Waals surface area contributed by atoms with Crippen LogP contribution in [0, 0.1) is 6.92 Å². The van der Waals surface area contributed by atoms with E-state index in [2.05, 4.69) is 54.8 Å². The molecule has 0 N–H and O–H groups in total. The monoisotopic (exact) mass is 284 g/mol. The highest BCUT2D eigenvalue weighted by atomic mass is 35.5. The van der Waals surface area contributed by atoms with E-state index in [1.807, 2.05) is 6.92 Å². The molecule has 0 radical (unpaired) electrons. The fraction of sp³-hybridized carbons (Fsp3) is 0.714. The topological polar surface area (TPSA) is 32.3 Å². The maximum atomic E-state index is 6.21. The van der Waals surface area contributed by atoms with Crippen LogP contribution >= 0.6 is 11.6 Å². The van der Waals surface area contributed by atoms with Gasteiger partial charge in [-0.2, -0.15) is 0 Å². The van der Waals surface area contributed by atoms with E-state index in [4.69, 9.17) is 11.6 Å². The molecule has 1 aromatic rings. The molecule has 0 atom stereocenters. The molecule has 19 heavy (non-hydrogen) atoms. The van der Waals surface area contributed by atoms with E-state index in [0.717, 1.165) is 36.7 Å². The molecule has 0 aliphatic carbocycles. The van der Waals surface area contributed by atoms with Crippen LogP contribution in [0.3, 0.4) is 0 Å². The van der Waals surface area contributed by atoms with Crippen molar-refractivity contribution in [3.05, 3.63) is 16.5 Å². The van der Waals surface area contributed by atoms with Crippen molar-refractivity contribution in [1.82, 2.24) is 14.9 Å². The predicted octanol–water partition coefficient (Wildman–Crippen LogP) is 2.95. The van der Waals surface area contributed by atoms with Gasteiger partial charge in [-0.15, -0.1) is 0 Å². The third kappa shape index (κ3) is 4.62. The van der Waals surface area contributed by atoms with Crippen molar-refractivity contribution in [2.75, 3.05) is 39.1 Å². The summed E-state index contributed by atoms with van der Waals surface area (Å²) in [6, 6.07) is 0. The summed E-state index contributed by atoms with van der Waals surface area (Å²) >= 11 is 6.21. The molecule has 1 heterocycles. The molecule has 0 aliphatic rings. The van der Waals surface area contributed by atoms with Crippen molar-refractivity contribution in [2.45, 2.75) is 33.1 Å². The third-order valence-corrected chi connectivity index (χ3v) is 3.42. The summed E-state index contributed by atoms with van der Waals surface area (Å²) in [4.78, 5) is 13.3. The Hall–Kier alpha value is -0.870. The Balaban J connectivity index is 2.86. The minimum absolute atomic E-state index is 0.284. The van der Waals surface area contributed by atoms with Gasteiger partial charge in [-0.1, -0.05) is 25.4 Å². The maximum Gasteiger partial charge on any atom is 0.137 e. The fourth-order valence-electron chi connectivity index (χ4n) is 1.85. The molecule has 1 aromatic heterocycles.